The van der Waals surface area contributed by atoms with E-state index < -0.39 is 39.2 Å². The second-order valence-corrected chi connectivity index (χ2v) is 14.6. The zero-order valence-electron chi connectivity index (χ0n) is 30.6. The average Bonchev–Trinajstić information content (AvgIpc) is 3.14. The number of hydrogen-bond donors (Lipinski definition) is 0. The maximum Gasteiger partial charge on any atom is 0.261 e. The van der Waals surface area contributed by atoms with Gasteiger partial charge < -0.3 is 28.2 Å². The summed E-state index contributed by atoms with van der Waals surface area (Å²) in [6, 6.07) is 40.9. The molecule has 51 heavy (non-hydrogen) atoms. The Balaban J connectivity index is 1.51. The number of benzene rings is 4. The molecule has 8 nitrogen and oxygen atoms in total. The summed E-state index contributed by atoms with van der Waals surface area (Å²) in [7, 11) is -1.52. The minimum Gasteiger partial charge on any atom is -0.374 e. The standard InChI is InChI=1S/C42H54NO7P/c1-6-48-51(43(32(2)3)33(4)5)50-42-41(47-30-37-25-17-10-18-26-37)40(46-29-36-23-15-9-16-24-36)39(45-28-35-21-13-8-14-22-35)38(49-42)31-44-27-34-19-11-7-12-20-34/h7-26,32-33,38-42H,6,27-31H2,1-5H3/t38-,39+,40+,41-,42?,51?/m1/s1. The summed E-state index contributed by atoms with van der Waals surface area (Å²) in [6.07, 6.45) is -3.16. The molecular formula is C42H54NO7P. The largest absolute Gasteiger partial charge is 0.374 e. The SMILES string of the molecule is CCOP(OC1O[C@H](COCc2ccccc2)[C@H](OCc2ccccc2)[C@H](OCc2ccccc2)[C@H]1OCc1ccccc1)N(C(C)C)C(C)C. The normalized spacial score (nSPS) is 21.4. The van der Waals surface area contributed by atoms with Crippen molar-refractivity contribution >= 4 is 8.53 Å². The van der Waals surface area contributed by atoms with Crippen molar-refractivity contribution in [1.82, 2.24) is 4.67 Å². The van der Waals surface area contributed by atoms with E-state index in [1.807, 2.05) is 79.7 Å². The van der Waals surface area contributed by atoms with Crippen LogP contribution in [0.1, 0.15) is 56.9 Å². The topological polar surface area (TPSA) is 67.9 Å². The first-order valence-corrected chi connectivity index (χ1v) is 19.2. The molecule has 0 aromatic heterocycles. The molecule has 5 rings (SSSR count). The summed E-state index contributed by atoms with van der Waals surface area (Å²) in [6.45, 7) is 12.9. The molecule has 0 bridgehead atoms. The van der Waals surface area contributed by atoms with Crippen molar-refractivity contribution in [3.05, 3.63) is 144 Å². The van der Waals surface area contributed by atoms with Crippen LogP contribution in [0.25, 0.3) is 0 Å². The summed E-state index contributed by atoms with van der Waals surface area (Å²) >= 11 is 0. The highest BCUT2D eigenvalue weighted by Gasteiger charge is 2.50. The molecule has 0 N–H and O–H groups in total. The zero-order chi connectivity index (χ0) is 35.8. The average molecular weight is 716 g/mol. The minimum atomic E-state index is -1.52. The van der Waals surface area contributed by atoms with Crippen LogP contribution in [0.4, 0.5) is 0 Å². The van der Waals surface area contributed by atoms with Gasteiger partial charge in [-0.15, -0.1) is 0 Å². The molecule has 0 spiro atoms. The van der Waals surface area contributed by atoms with Crippen LogP contribution in [0, 0.1) is 0 Å². The van der Waals surface area contributed by atoms with Gasteiger partial charge in [0.05, 0.1) is 39.6 Å². The van der Waals surface area contributed by atoms with Crippen LogP contribution in [0.5, 0.6) is 0 Å². The Morgan fingerprint density at radius 1 is 0.569 bits per heavy atom. The summed E-state index contributed by atoms with van der Waals surface area (Å²) in [5, 5.41) is 0. The van der Waals surface area contributed by atoms with E-state index in [1.54, 1.807) is 0 Å². The molecule has 2 unspecified atom stereocenters. The number of hydrogen-bond acceptors (Lipinski definition) is 8. The van der Waals surface area contributed by atoms with Crippen molar-refractivity contribution in [1.29, 1.82) is 0 Å². The smallest absolute Gasteiger partial charge is 0.261 e. The fourth-order valence-electron chi connectivity index (χ4n) is 6.16. The van der Waals surface area contributed by atoms with E-state index in [1.165, 1.54) is 0 Å². The van der Waals surface area contributed by atoms with Gasteiger partial charge in [0.25, 0.3) is 8.53 Å². The maximum absolute atomic E-state index is 6.94. The molecule has 9 heteroatoms. The van der Waals surface area contributed by atoms with E-state index in [2.05, 4.69) is 80.9 Å². The van der Waals surface area contributed by atoms with Crippen molar-refractivity contribution in [2.45, 2.75) is 104 Å². The van der Waals surface area contributed by atoms with Gasteiger partial charge in [0, 0.05) is 12.1 Å². The monoisotopic (exact) mass is 715 g/mol. The van der Waals surface area contributed by atoms with E-state index in [-0.39, 0.29) is 18.7 Å². The highest BCUT2D eigenvalue weighted by atomic mass is 31.2. The molecule has 274 valence electrons. The van der Waals surface area contributed by atoms with Crippen molar-refractivity contribution in [2.24, 2.45) is 0 Å². The summed E-state index contributed by atoms with van der Waals surface area (Å²) in [5.74, 6) is 0. The maximum atomic E-state index is 6.94. The molecule has 1 aliphatic heterocycles. The molecule has 0 radical (unpaired) electrons. The Hall–Kier alpha value is -3.01. The van der Waals surface area contributed by atoms with Crippen molar-refractivity contribution in [3.63, 3.8) is 0 Å². The Kier molecular flexibility index (Phi) is 16.1. The van der Waals surface area contributed by atoms with Gasteiger partial charge in [-0.25, -0.2) is 4.67 Å². The van der Waals surface area contributed by atoms with Crippen molar-refractivity contribution in [3.8, 4) is 0 Å². The quantitative estimate of drug-likeness (QED) is 0.0840. The van der Waals surface area contributed by atoms with E-state index in [4.69, 9.17) is 32.7 Å². The van der Waals surface area contributed by atoms with Gasteiger partial charge in [0.1, 0.15) is 24.4 Å². The van der Waals surface area contributed by atoms with Crippen LogP contribution >= 0.6 is 8.53 Å². The van der Waals surface area contributed by atoms with Gasteiger partial charge in [-0.1, -0.05) is 121 Å². The fraction of sp³-hybridized carbons (Fsp3) is 0.429. The third kappa shape index (κ3) is 12.0. The predicted octanol–water partition coefficient (Wildman–Crippen LogP) is 9.08. The summed E-state index contributed by atoms with van der Waals surface area (Å²) in [4.78, 5) is 0. The molecule has 0 saturated carbocycles. The second kappa shape index (κ2) is 20.9. The van der Waals surface area contributed by atoms with Crippen molar-refractivity contribution < 1.29 is 32.7 Å². The van der Waals surface area contributed by atoms with Crippen LogP contribution in [-0.4, -0.2) is 60.7 Å². The van der Waals surface area contributed by atoms with Gasteiger partial charge in [-0.05, 0) is 56.9 Å². The first kappa shape index (κ1) is 39.2. The van der Waals surface area contributed by atoms with E-state index in [0.29, 0.717) is 33.0 Å². The molecule has 1 heterocycles. The fourth-order valence-corrected chi connectivity index (χ4v) is 7.78. The number of nitrogens with zero attached hydrogens (tertiary/aromatic N) is 1. The lowest BCUT2D eigenvalue weighted by molar-refractivity contribution is -0.311. The Morgan fingerprint density at radius 2 is 0.980 bits per heavy atom. The molecule has 1 saturated heterocycles. The first-order valence-electron chi connectivity index (χ1n) is 18.0. The second-order valence-electron chi connectivity index (χ2n) is 13.2. The molecular weight excluding hydrogens is 661 g/mol. The lowest BCUT2D eigenvalue weighted by atomic mass is 9.98. The van der Waals surface area contributed by atoms with Crippen molar-refractivity contribution in [2.75, 3.05) is 13.2 Å². The van der Waals surface area contributed by atoms with Gasteiger partial charge in [-0.3, -0.25) is 4.52 Å². The van der Waals surface area contributed by atoms with Gasteiger partial charge in [0.2, 0.25) is 0 Å². The third-order valence-electron chi connectivity index (χ3n) is 8.52. The van der Waals surface area contributed by atoms with Gasteiger partial charge in [-0.2, -0.15) is 0 Å². The molecule has 1 fully saturated rings. The third-order valence-corrected chi connectivity index (χ3v) is 10.7. The highest BCUT2D eigenvalue weighted by molar-refractivity contribution is 7.44. The molecule has 0 aliphatic carbocycles. The zero-order valence-corrected chi connectivity index (χ0v) is 31.5. The van der Waals surface area contributed by atoms with Crippen LogP contribution in [0.2, 0.25) is 0 Å². The number of ether oxygens (including phenoxy) is 5. The van der Waals surface area contributed by atoms with Gasteiger partial charge >= 0.3 is 0 Å². The minimum absolute atomic E-state index is 0.173. The van der Waals surface area contributed by atoms with Crippen LogP contribution in [0.15, 0.2) is 121 Å². The predicted molar refractivity (Wildman–Crippen MR) is 202 cm³/mol. The van der Waals surface area contributed by atoms with E-state index in [0.717, 1.165) is 22.3 Å². The first-order chi connectivity index (χ1) is 24.9. The number of rotatable bonds is 20. The summed E-state index contributed by atoms with van der Waals surface area (Å²) < 4.78 is 49.3. The van der Waals surface area contributed by atoms with E-state index >= 15 is 0 Å². The Bertz CT molecular complexity index is 1490. The Morgan fingerprint density at radius 3 is 1.41 bits per heavy atom. The lowest BCUT2D eigenvalue weighted by Crippen LogP contribution is -2.61. The van der Waals surface area contributed by atoms with Crippen LogP contribution in [-0.2, 0) is 59.2 Å². The molecule has 1 aliphatic rings. The molecule has 6 atom stereocenters. The van der Waals surface area contributed by atoms with Gasteiger partial charge in [0.15, 0.2) is 6.29 Å². The molecule has 4 aromatic rings. The highest BCUT2D eigenvalue weighted by Crippen LogP contribution is 2.49. The van der Waals surface area contributed by atoms with E-state index in [9.17, 15) is 0 Å². The van der Waals surface area contributed by atoms with Crippen LogP contribution < -0.4 is 0 Å². The molecule has 0 amide bonds. The Labute approximate surface area is 305 Å². The lowest BCUT2D eigenvalue weighted by Gasteiger charge is -2.47. The summed E-state index contributed by atoms with van der Waals surface area (Å²) in [5.41, 5.74) is 4.21. The van der Waals surface area contributed by atoms with Crippen LogP contribution in [0.3, 0.4) is 0 Å². The molecule has 4 aromatic carbocycles.